The fraction of sp³-hybridized carbons (Fsp3) is 0.130. The van der Waals surface area contributed by atoms with Gasteiger partial charge in [-0.25, -0.2) is 4.98 Å². The zero-order valence-corrected chi connectivity index (χ0v) is 17.5. The van der Waals surface area contributed by atoms with Crippen molar-refractivity contribution in [3.63, 3.8) is 0 Å². The van der Waals surface area contributed by atoms with Gasteiger partial charge in [-0.1, -0.05) is 59.6 Å². The Morgan fingerprint density at radius 3 is 2.29 bits per heavy atom. The summed E-state index contributed by atoms with van der Waals surface area (Å²) in [6.45, 7) is 0.0858. The lowest BCUT2D eigenvalue weighted by Crippen LogP contribution is -2.07. The lowest BCUT2D eigenvalue weighted by atomic mass is 10.1. The SMILES string of the molecule is FC(F)(F)c1cccc(Cc2nc(OCc3c(Cl)cccc3Cl)c3ccccc3n2)c1. The van der Waals surface area contributed by atoms with Gasteiger partial charge in [0.05, 0.1) is 16.5 Å². The monoisotopic (exact) mass is 462 g/mol. The van der Waals surface area contributed by atoms with E-state index in [1.165, 1.54) is 6.07 Å². The van der Waals surface area contributed by atoms with Gasteiger partial charge in [-0.2, -0.15) is 18.2 Å². The van der Waals surface area contributed by atoms with Gasteiger partial charge < -0.3 is 4.74 Å². The third-order valence-electron chi connectivity index (χ3n) is 4.65. The lowest BCUT2D eigenvalue weighted by molar-refractivity contribution is -0.137. The minimum atomic E-state index is -4.41. The molecule has 3 aromatic carbocycles. The van der Waals surface area contributed by atoms with E-state index >= 15 is 0 Å². The second-order valence-corrected chi connectivity index (χ2v) is 7.64. The molecule has 0 radical (unpaired) electrons. The summed E-state index contributed by atoms with van der Waals surface area (Å²) in [6, 6.07) is 17.5. The van der Waals surface area contributed by atoms with Crippen molar-refractivity contribution in [3.05, 3.63) is 99.3 Å². The molecule has 1 heterocycles. The van der Waals surface area contributed by atoms with Crippen molar-refractivity contribution in [2.45, 2.75) is 19.2 Å². The molecule has 0 saturated carbocycles. The number of ether oxygens (including phenoxy) is 1. The van der Waals surface area contributed by atoms with Crippen molar-refractivity contribution in [2.24, 2.45) is 0 Å². The van der Waals surface area contributed by atoms with Crippen molar-refractivity contribution >= 4 is 34.1 Å². The highest BCUT2D eigenvalue weighted by Crippen LogP contribution is 2.31. The fourth-order valence-electron chi connectivity index (χ4n) is 3.13. The summed E-state index contributed by atoms with van der Waals surface area (Å²) in [5.41, 5.74) is 0.980. The minimum absolute atomic E-state index is 0.0858. The standard InChI is InChI=1S/C23H15Cl2F3N2O/c24-18-8-4-9-19(25)17(18)13-31-22-16-7-1-2-10-20(16)29-21(30-22)12-14-5-3-6-15(11-14)23(26,27)28/h1-11H,12-13H2. The first-order valence-corrected chi connectivity index (χ1v) is 10.0. The molecule has 4 rings (SSSR count). The van der Waals surface area contributed by atoms with Crippen LogP contribution < -0.4 is 4.74 Å². The van der Waals surface area contributed by atoms with Gasteiger partial charge in [0, 0.05) is 22.0 Å². The molecule has 0 aliphatic carbocycles. The number of halogens is 5. The minimum Gasteiger partial charge on any atom is -0.472 e. The first kappa shape index (κ1) is 21.4. The fourth-order valence-corrected chi connectivity index (χ4v) is 3.64. The van der Waals surface area contributed by atoms with E-state index in [0.717, 1.165) is 12.1 Å². The quantitative estimate of drug-likeness (QED) is 0.316. The molecule has 3 nitrogen and oxygen atoms in total. The zero-order valence-electron chi connectivity index (χ0n) is 16.0. The van der Waals surface area contributed by atoms with Crippen LogP contribution in [0.2, 0.25) is 10.0 Å². The van der Waals surface area contributed by atoms with Crippen molar-refractivity contribution in [1.82, 2.24) is 9.97 Å². The van der Waals surface area contributed by atoms with Crippen LogP contribution in [0.1, 0.15) is 22.5 Å². The highest BCUT2D eigenvalue weighted by molar-refractivity contribution is 6.35. The summed E-state index contributed by atoms with van der Waals surface area (Å²) in [4.78, 5) is 8.95. The molecule has 0 amide bonds. The number of nitrogens with zero attached hydrogens (tertiary/aromatic N) is 2. The van der Waals surface area contributed by atoms with Crippen LogP contribution in [0, 0.1) is 0 Å². The van der Waals surface area contributed by atoms with Crippen LogP contribution in [0.4, 0.5) is 13.2 Å². The number of para-hydroxylation sites is 1. The Balaban J connectivity index is 1.67. The molecule has 4 aromatic rings. The van der Waals surface area contributed by atoms with E-state index in [1.54, 1.807) is 30.3 Å². The molecule has 0 aliphatic heterocycles. The van der Waals surface area contributed by atoms with Crippen molar-refractivity contribution < 1.29 is 17.9 Å². The van der Waals surface area contributed by atoms with E-state index in [1.807, 2.05) is 18.2 Å². The number of rotatable bonds is 5. The largest absolute Gasteiger partial charge is 0.472 e. The molecule has 0 spiro atoms. The third kappa shape index (κ3) is 4.92. The molecule has 0 unspecified atom stereocenters. The van der Waals surface area contributed by atoms with Crippen LogP contribution >= 0.6 is 23.2 Å². The third-order valence-corrected chi connectivity index (χ3v) is 5.35. The maximum Gasteiger partial charge on any atom is 0.416 e. The molecule has 0 bridgehead atoms. The Morgan fingerprint density at radius 1 is 0.839 bits per heavy atom. The average molecular weight is 463 g/mol. The molecule has 0 fully saturated rings. The molecular weight excluding hydrogens is 448 g/mol. The van der Waals surface area contributed by atoms with Crippen LogP contribution in [0.5, 0.6) is 5.88 Å². The number of benzene rings is 3. The highest BCUT2D eigenvalue weighted by atomic mass is 35.5. The summed E-state index contributed by atoms with van der Waals surface area (Å²) in [5.74, 6) is 0.654. The van der Waals surface area contributed by atoms with Gasteiger partial charge in [-0.15, -0.1) is 0 Å². The van der Waals surface area contributed by atoms with Gasteiger partial charge in [-0.05, 0) is 35.9 Å². The van der Waals surface area contributed by atoms with Gasteiger partial charge in [0.15, 0.2) is 0 Å². The molecule has 0 aliphatic rings. The Hall–Kier alpha value is -2.83. The Bertz CT molecular complexity index is 1220. The van der Waals surface area contributed by atoms with Crippen molar-refractivity contribution in [2.75, 3.05) is 0 Å². The Labute approximate surface area is 186 Å². The van der Waals surface area contributed by atoms with Crippen molar-refractivity contribution in [3.8, 4) is 5.88 Å². The summed E-state index contributed by atoms with van der Waals surface area (Å²) >= 11 is 12.4. The van der Waals surface area contributed by atoms with Gasteiger partial charge in [0.25, 0.3) is 0 Å². The molecule has 0 saturated heterocycles. The van der Waals surface area contributed by atoms with Crippen LogP contribution in [0.25, 0.3) is 10.9 Å². The van der Waals surface area contributed by atoms with Gasteiger partial charge >= 0.3 is 6.18 Å². The number of aromatic nitrogens is 2. The second kappa shape index (κ2) is 8.73. The van der Waals surface area contributed by atoms with E-state index in [9.17, 15) is 13.2 Å². The summed E-state index contributed by atoms with van der Waals surface area (Å²) < 4.78 is 45.0. The van der Waals surface area contributed by atoms with E-state index < -0.39 is 11.7 Å². The summed E-state index contributed by atoms with van der Waals surface area (Å²) in [5, 5.41) is 1.61. The molecule has 158 valence electrons. The first-order valence-electron chi connectivity index (χ1n) is 9.29. The van der Waals surface area contributed by atoms with Crippen LogP contribution in [-0.2, 0) is 19.2 Å². The van der Waals surface area contributed by atoms with Crippen molar-refractivity contribution in [1.29, 1.82) is 0 Å². The molecule has 1 aromatic heterocycles. The van der Waals surface area contributed by atoms with E-state index in [-0.39, 0.29) is 13.0 Å². The molecule has 31 heavy (non-hydrogen) atoms. The van der Waals surface area contributed by atoms with Gasteiger partial charge in [0.2, 0.25) is 5.88 Å². The molecule has 8 heteroatoms. The Morgan fingerprint density at radius 2 is 1.55 bits per heavy atom. The van der Waals surface area contributed by atoms with E-state index in [4.69, 9.17) is 27.9 Å². The second-order valence-electron chi connectivity index (χ2n) is 6.83. The van der Waals surface area contributed by atoms with Crippen LogP contribution in [0.15, 0.2) is 66.7 Å². The van der Waals surface area contributed by atoms with Gasteiger partial charge in [0.1, 0.15) is 12.4 Å². The maximum absolute atomic E-state index is 13.0. The average Bonchev–Trinajstić information content (AvgIpc) is 2.73. The number of hydrogen-bond donors (Lipinski definition) is 0. The first-order chi connectivity index (χ1) is 14.8. The van der Waals surface area contributed by atoms with E-state index in [2.05, 4.69) is 9.97 Å². The topological polar surface area (TPSA) is 35.0 Å². The van der Waals surface area contributed by atoms with Crippen LogP contribution in [-0.4, -0.2) is 9.97 Å². The Kier molecular flexibility index (Phi) is 6.03. The lowest BCUT2D eigenvalue weighted by Gasteiger charge is -2.13. The zero-order chi connectivity index (χ0) is 22.0. The molecule has 0 atom stereocenters. The number of alkyl halides is 3. The van der Waals surface area contributed by atoms with Gasteiger partial charge in [-0.3, -0.25) is 0 Å². The number of hydrogen-bond acceptors (Lipinski definition) is 3. The van der Waals surface area contributed by atoms with Crippen LogP contribution in [0.3, 0.4) is 0 Å². The highest BCUT2D eigenvalue weighted by Gasteiger charge is 2.30. The van der Waals surface area contributed by atoms with E-state index in [0.29, 0.717) is 43.8 Å². The predicted molar refractivity (Wildman–Crippen MR) is 115 cm³/mol. The smallest absolute Gasteiger partial charge is 0.416 e. The predicted octanol–water partition coefficient (Wildman–Crippen LogP) is 7.13. The maximum atomic E-state index is 13.0. The molecular formula is C23H15Cl2F3N2O. The molecule has 0 N–H and O–H groups in total. The summed E-state index contributed by atoms with van der Waals surface area (Å²) in [7, 11) is 0. The number of fused-ring (bicyclic) bond motifs is 1. The normalized spacial score (nSPS) is 11.6. The summed E-state index contributed by atoms with van der Waals surface area (Å²) in [6.07, 6.45) is -4.29.